The van der Waals surface area contributed by atoms with Gasteiger partial charge in [-0.1, -0.05) is 19.4 Å². The summed E-state index contributed by atoms with van der Waals surface area (Å²) in [4.78, 5) is 22.6. The van der Waals surface area contributed by atoms with Crippen molar-refractivity contribution in [2.24, 2.45) is 0 Å². The molecule has 1 atom stereocenters. The summed E-state index contributed by atoms with van der Waals surface area (Å²) in [6.07, 6.45) is 0.859. The molecule has 0 aliphatic carbocycles. The van der Waals surface area contributed by atoms with E-state index >= 15 is 0 Å². The molecule has 7 heteroatoms. The first-order chi connectivity index (χ1) is 9.49. The van der Waals surface area contributed by atoms with Crippen molar-refractivity contribution in [1.29, 1.82) is 5.26 Å². The van der Waals surface area contributed by atoms with Gasteiger partial charge in [0.1, 0.15) is 23.5 Å². The maximum absolute atomic E-state index is 13.3. The third-order valence-corrected chi connectivity index (χ3v) is 2.55. The molecule has 0 bridgehead atoms. The van der Waals surface area contributed by atoms with Crippen LogP contribution >= 0.6 is 0 Å². The van der Waals surface area contributed by atoms with E-state index in [2.05, 4.69) is 10.6 Å². The van der Waals surface area contributed by atoms with E-state index in [1.807, 2.05) is 0 Å². The summed E-state index contributed by atoms with van der Waals surface area (Å²) in [6, 6.07) is 3.60. The maximum Gasteiger partial charge on any atom is 0.326 e. The predicted octanol–water partition coefficient (Wildman–Crippen LogP) is 2.07. The van der Waals surface area contributed by atoms with E-state index in [9.17, 15) is 14.0 Å². The number of nitrogens with zero attached hydrogens (tertiary/aromatic N) is 1. The molecule has 0 heterocycles. The highest BCUT2D eigenvalue weighted by Gasteiger charge is 2.19. The van der Waals surface area contributed by atoms with Crippen LogP contribution in [0.4, 0.5) is 14.9 Å². The molecule has 2 amide bonds. The molecule has 0 saturated heterocycles. The Morgan fingerprint density at radius 2 is 2.20 bits per heavy atom. The molecule has 0 fully saturated rings. The summed E-state index contributed by atoms with van der Waals surface area (Å²) >= 11 is 0. The van der Waals surface area contributed by atoms with Crippen LogP contribution in [0.5, 0.6) is 0 Å². The number of carboxylic acid groups (broad SMARTS) is 1. The van der Waals surface area contributed by atoms with Gasteiger partial charge >= 0.3 is 12.0 Å². The molecule has 0 aromatic heterocycles. The lowest BCUT2D eigenvalue weighted by molar-refractivity contribution is -0.139. The van der Waals surface area contributed by atoms with E-state index in [1.165, 1.54) is 12.1 Å². The molecule has 0 unspecified atom stereocenters. The van der Waals surface area contributed by atoms with E-state index in [-0.39, 0.29) is 17.7 Å². The van der Waals surface area contributed by atoms with E-state index in [1.54, 1.807) is 13.0 Å². The number of hydrogen-bond donors (Lipinski definition) is 3. The zero-order valence-corrected chi connectivity index (χ0v) is 10.8. The van der Waals surface area contributed by atoms with Gasteiger partial charge in [0.05, 0.1) is 5.69 Å². The summed E-state index contributed by atoms with van der Waals surface area (Å²) in [6.45, 7) is 1.79. The van der Waals surface area contributed by atoms with Crippen LogP contribution in [0.3, 0.4) is 0 Å². The van der Waals surface area contributed by atoms with Crippen LogP contribution in [0.2, 0.25) is 0 Å². The molecular weight excluding hydrogens is 265 g/mol. The number of urea groups is 1. The number of hydrogen-bond acceptors (Lipinski definition) is 3. The summed E-state index contributed by atoms with van der Waals surface area (Å²) in [7, 11) is 0. The van der Waals surface area contributed by atoms with Crippen LogP contribution in [0.25, 0.3) is 0 Å². The largest absolute Gasteiger partial charge is 0.480 e. The maximum atomic E-state index is 13.3. The number of carboxylic acids is 1. The van der Waals surface area contributed by atoms with Crippen LogP contribution in [-0.4, -0.2) is 23.1 Å². The lowest BCUT2D eigenvalue weighted by Gasteiger charge is -2.14. The minimum atomic E-state index is -1.15. The molecule has 1 rings (SSSR count). The fourth-order valence-corrected chi connectivity index (χ4v) is 1.60. The molecule has 0 aliphatic rings. The van der Waals surface area contributed by atoms with Crippen molar-refractivity contribution in [2.75, 3.05) is 5.32 Å². The molecule has 3 N–H and O–H groups in total. The molecule has 0 spiro atoms. The van der Waals surface area contributed by atoms with Crippen molar-refractivity contribution >= 4 is 17.7 Å². The van der Waals surface area contributed by atoms with Crippen LogP contribution in [0.15, 0.2) is 18.2 Å². The molecule has 106 valence electrons. The van der Waals surface area contributed by atoms with Gasteiger partial charge < -0.3 is 15.7 Å². The highest BCUT2D eigenvalue weighted by Crippen LogP contribution is 2.17. The van der Waals surface area contributed by atoms with Crippen molar-refractivity contribution in [2.45, 2.75) is 25.8 Å². The average Bonchev–Trinajstić information content (AvgIpc) is 2.38. The summed E-state index contributed by atoms with van der Waals surface area (Å²) in [5.74, 6) is -1.91. The van der Waals surface area contributed by atoms with Crippen LogP contribution in [-0.2, 0) is 4.79 Å². The first-order valence-corrected chi connectivity index (χ1v) is 5.98. The summed E-state index contributed by atoms with van der Waals surface area (Å²) in [5, 5.41) is 22.2. The number of nitriles is 1. The molecule has 1 aromatic rings. The van der Waals surface area contributed by atoms with Crippen LogP contribution in [0, 0.1) is 17.1 Å². The SMILES string of the molecule is CCC[C@H](NC(=O)Nc1cccc(F)c1C#N)C(=O)O. The number of aliphatic carboxylic acids is 1. The zero-order chi connectivity index (χ0) is 15.1. The topological polar surface area (TPSA) is 102 Å². The number of carbonyl (C=O) groups is 2. The van der Waals surface area contributed by atoms with Crippen LogP contribution < -0.4 is 10.6 Å². The third-order valence-electron chi connectivity index (χ3n) is 2.55. The average molecular weight is 279 g/mol. The van der Waals surface area contributed by atoms with Gasteiger partial charge in [-0.3, -0.25) is 0 Å². The predicted molar refractivity (Wildman–Crippen MR) is 69.6 cm³/mol. The Balaban J connectivity index is 2.79. The van der Waals surface area contributed by atoms with Crippen molar-refractivity contribution in [3.63, 3.8) is 0 Å². The van der Waals surface area contributed by atoms with Crippen molar-refractivity contribution < 1.29 is 19.1 Å². The molecule has 0 radical (unpaired) electrons. The summed E-state index contributed by atoms with van der Waals surface area (Å²) in [5.41, 5.74) is -0.310. The van der Waals surface area contributed by atoms with E-state index < -0.39 is 23.9 Å². The molecule has 0 saturated carbocycles. The quantitative estimate of drug-likeness (QED) is 0.767. The highest BCUT2D eigenvalue weighted by atomic mass is 19.1. The second kappa shape index (κ2) is 7.09. The van der Waals surface area contributed by atoms with Gasteiger partial charge in [0.2, 0.25) is 0 Å². The standard InChI is InChI=1S/C13H14FN3O3/c1-2-4-11(12(18)19)17-13(20)16-10-6-3-5-9(14)8(10)7-15/h3,5-6,11H,2,4H2,1H3,(H,18,19)(H2,16,17,20)/t11-/m0/s1. The van der Waals surface area contributed by atoms with Gasteiger partial charge in [-0.25, -0.2) is 14.0 Å². The molecule has 6 nitrogen and oxygen atoms in total. The normalized spacial score (nSPS) is 11.2. The van der Waals surface area contributed by atoms with Gasteiger partial charge in [-0.2, -0.15) is 5.26 Å². The molecular formula is C13H14FN3O3. The number of halogens is 1. The lowest BCUT2D eigenvalue weighted by atomic mass is 10.1. The Hall–Kier alpha value is -2.62. The first-order valence-electron chi connectivity index (χ1n) is 5.98. The lowest BCUT2D eigenvalue weighted by Crippen LogP contribution is -2.43. The summed E-state index contributed by atoms with van der Waals surface area (Å²) < 4.78 is 13.3. The number of anilines is 1. The number of benzene rings is 1. The Morgan fingerprint density at radius 3 is 2.75 bits per heavy atom. The van der Waals surface area contributed by atoms with Gasteiger partial charge in [0, 0.05) is 0 Å². The molecule has 1 aromatic carbocycles. The Bertz CT molecular complexity index is 554. The van der Waals surface area contributed by atoms with Crippen molar-refractivity contribution in [3.8, 4) is 6.07 Å². The van der Waals surface area contributed by atoms with Crippen molar-refractivity contribution in [3.05, 3.63) is 29.6 Å². The fourth-order valence-electron chi connectivity index (χ4n) is 1.60. The highest BCUT2D eigenvalue weighted by molar-refractivity contribution is 5.93. The number of carbonyl (C=O) groups excluding carboxylic acids is 1. The Kier molecular flexibility index (Phi) is 5.47. The molecule has 20 heavy (non-hydrogen) atoms. The number of nitrogens with one attached hydrogen (secondary N) is 2. The zero-order valence-electron chi connectivity index (χ0n) is 10.8. The number of rotatable bonds is 5. The van der Waals surface area contributed by atoms with Gasteiger partial charge in [-0.15, -0.1) is 0 Å². The minimum Gasteiger partial charge on any atom is -0.480 e. The minimum absolute atomic E-state index is 0.00867. The van der Waals surface area contributed by atoms with Gasteiger partial charge in [-0.05, 0) is 18.6 Å². The number of amides is 2. The van der Waals surface area contributed by atoms with Crippen LogP contribution in [0.1, 0.15) is 25.3 Å². The van der Waals surface area contributed by atoms with Crippen molar-refractivity contribution in [1.82, 2.24) is 5.32 Å². The first kappa shape index (κ1) is 15.4. The van der Waals surface area contributed by atoms with E-state index in [0.29, 0.717) is 6.42 Å². The van der Waals surface area contributed by atoms with E-state index in [0.717, 1.165) is 6.07 Å². The third kappa shape index (κ3) is 3.95. The Morgan fingerprint density at radius 1 is 1.50 bits per heavy atom. The second-order valence-corrected chi connectivity index (χ2v) is 4.05. The van der Waals surface area contributed by atoms with E-state index in [4.69, 9.17) is 10.4 Å². The smallest absolute Gasteiger partial charge is 0.326 e. The fraction of sp³-hybridized carbons (Fsp3) is 0.308. The van der Waals surface area contributed by atoms with Gasteiger partial charge in [0.15, 0.2) is 0 Å². The van der Waals surface area contributed by atoms with Gasteiger partial charge in [0.25, 0.3) is 0 Å². The molecule has 0 aliphatic heterocycles. The second-order valence-electron chi connectivity index (χ2n) is 4.05. The monoisotopic (exact) mass is 279 g/mol. The Labute approximate surface area is 115 Å².